The van der Waals surface area contributed by atoms with Gasteiger partial charge >= 0.3 is 0 Å². The molecule has 0 radical (unpaired) electrons. The van der Waals surface area contributed by atoms with Gasteiger partial charge in [0.15, 0.2) is 0 Å². The molecule has 0 amide bonds. The van der Waals surface area contributed by atoms with Crippen molar-refractivity contribution in [3.05, 3.63) is 170 Å². The maximum Gasteiger partial charge on any atom is 0.126 e. The van der Waals surface area contributed by atoms with Gasteiger partial charge in [0.1, 0.15) is 17.3 Å². The van der Waals surface area contributed by atoms with Crippen molar-refractivity contribution in [2.24, 2.45) is 0 Å². The summed E-state index contributed by atoms with van der Waals surface area (Å²) < 4.78 is 18.0. The Labute approximate surface area is 296 Å². The molecule has 48 heavy (non-hydrogen) atoms. The minimum absolute atomic E-state index is 0.0259. The molecule has 0 fully saturated rings. The summed E-state index contributed by atoms with van der Waals surface area (Å²) in [6, 6.07) is 32.7. The Bertz CT molecular complexity index is 2090. The number of rotatable bonds is 6. The quantitative estimate of drug-likeness (QED) is 0.177. The fourth-order valence-corrected chi connectivity index (χ4v) is 7.17. The molecule has 5 aromatic rings. The minimum atomic E-state index is -0.0259. The van der Waals surface area contributed by atoms with E-state index in [-0.39, 0.29) is 5.92 Å². The van der Waals surface area contributed by atoms with Crippen molar-refractivity contribution in [1.82, 2.24) is 0 Å². The molecule has 0 aromatic heterocycles. The van der Waals surface area contributed by atoms with E-state index in [2.05, 4.69) is 42.5 Å². The summed E-state index contributed by atoms with van der Waals surface area (Å²) in [5.74, 6) is 2.40. The van der Waals surface area contributed by atoms with Crippen LogP contribution in [-0.4, -0.2) is 21.3 Å². The van der Waals surface area contributed by atoms with Gasteiger partial charge in [-0.1, -0.05) is 88.9 Å². The normalized spacial score (nSPS) is 15.3. The molecule has 0 aliphatic heterocycles. The molecular formula is C42H33Cl3O3. The Morgan fingerprint density at radius 1 is 0.542 bits per heavy atom. The molecule has 240 valence electrons. The summed E-state index contributed by atoms with van der Waals surface area (Å²) in [5, 5.41) is 2.08. The highest BCUT2D eigenvalue weighted by Crippen LogP contribution is 2.45. The topological polar surface area (TPSA) is 27.7 Å². The lowest BCUT2D eigenvalue weighted by Gasteiger charge is -2.28. The molecule has 1 unspecified atom stereocenters. The average molecular weight is 692 g/mol. The van der Waals surface area contributed by atoms with Gasteiger partial charge in [0.2, 0.25) is 0 Å². The smallest absolute Gasteiger partial charge is 0.126 e. The second-order valence-corrected chi connectivity index (χ2v) is 13.3. The maximum atomic E-state index is 6.30. The number of allylic oxidation sites excluding steroid dienone is 5. The molecular weight excluding hydrogens is 659 g/mol. The molecule has 1 atom stereocenters. The number of halogens is 3. The van der Waals surface area contributed by atoms with Crippen molar-refractivity contribution in [2.45, 2.75) is 18.8 Å². The third-order valence-electron chi connectivity index (χ3n) is 9.21. The van der Waals surface area contributed by atoms with E-state index in [4.69, 9.17) is 49.0 Å². The molecule has 0 saturated carbocycles. The van der Waals surface area contributed by atoms with Crippen LogP contribution in [0.3, 0.4) is 0 Å². The van der Waals surface area contributed by atoms with Crippen molar-refractivity contribution in [3.63, 3.8) is 0 Å². The van der Waals surface area contributed by atoms with Crippen LogP contribution >= 0.6 is 34.8 Å². The maximum absolute atomic E-state index is 6.30. The third-order valence-corrected chi connectivity index (χ3v) is 9.97. The summed E-state index contributed by atoms with van der Waals surface area (Å²) in [7, 11) is 5.17. The molecule has 7 rings (SSSR count). The molecule has 0 spiro atoms. The monoisotopic (exact) mass is 690 g/mol. The first-order valence-corrected chi connectivity index (χ1v) is 16.8. The molecule has 2 aliphatic carbocycles. The zero-order chi connectivity index (χ0) is 33.4. The average Bonchev–Trinajstić information content (AvgIpc) is 3.28. The number of hydrogen-bond donors (Lipinski definition) is 0. The molecule has 3 nitrogen and oxygen atoms in total. The van der Waals surface area contributed by atoms with Gasteiger partial charge in [-0.25, -0.2) is 0 Å². The predicted molar refractivity (Wildman–Crippen MR) is 199 cm³/mol. The fraction of sp³-hybridized carbons (Fsp3) is 0.143. The standard InChI is InChI=1S/C42H33Cl3O3/c1-46-40-17-16-35-30(21-37(40)25-4-10-32(43)11-5-25)19-29-22-41(47-2)38(26-6-12-33(44)13-7-26)20-28(29)18-31-23-42(48-3)39(24-36(31)35)27-8-14-34(45)15-9-27/h4-17,20-24,35H,18-19H2,1-3H3. The van der Waals surface area contributed by atoms with Crippen LogP contribution in [0.1, 0.15) is 33.7 Å². The molecule has 0 bridgehead atoms. The van der Waals surface area contributed by atoms with E-state index in [1.54, 1.807) is 21.3 Å². The Kier molecular flexibility index (Phi) is 9.11. The van der Waals surface area contributed by atoms with Crippen LogP contribution in [0.5, 0.6) is 11.5 Å². The lowest BCUT2D eigenvalue weighted by atomic mass is 9.77. The van der Waals surface area contributed by atoms with Gasteiger partial charge in [0.05, 0.1) is 21.3 Å². The summed E-state index contributed by atoms with van der Waals surface area (Å²) in [6.45, 7) is 0. The van der Waals surface area contributed by atoms with Crippen LogP contribution in [0.2, 0.25) is 15.1 Å². The van der Waals surface area contributed by atoms with E-state index in [1.807, 2.05) is 72.8 Å². The SMILES string of the molecule is COC1=C(c2ccc(Cl)cc2)C=C2Cc3cc(OC)c(-c4ccc(Cl)cc4)cc3Cc3cc(OC)c(-c4ccc(Cl)cc4)cc3C2C=C1. The fourth-order valence-electron chi connectivity index (χ4n) is 6.79. The van der Waals surface area contributed by atoms with Crippen molar-refractivity contribution < 1.29 is 14.2 Å². The van der Waals surface area contributed by atoms with Crippen LogP contribution < -0.4 is 9.47 Å². The Hall–Kier alpha value is -4.41. The van der Waals surface area contributed by atoms with Gasteiger partial charge in [-0.15, -0.1) is 0 Å². The van der Waals surface area contributed by atoms with E-state index < -0.39 is 0 Å². The van der Waals surface area contributed by atoms with Crippen LogP contribution in [0.15, 0.2) is 127 Å². The minimum Gasteiger partial charge on any atom is -0.496 e. The Morgan fingerprint density at radius 2 is 1.04 bits per heavy atom. The van der Waals surface area contributed by atoms with Gasteiger partial charge in [-0.3, -0.25) is 0 Å². The van der Waals surface area contributed by atoms with Gasteiger partial charge in [0, 0.05) is 37.7 Å². The van der Waals surface area contributed by atoms with Crippen LogP contribution in [0, 0.1) is 0 Å². The van der Waals surface area contributed by atoms with Crippen LogP contribution in [-0.2, 0) is 17.6 Å². The molecule has 0 N–H and O–H groups in total. The molecule has 6 heteroatoms. The largest absolute Gasteiger partial charge is 0.496 e. The van der Waals surface area contributed by atoms with Gasteiger partial charge in [-0.05, 0) is 119 Å². The first kappa shape index (κ1) is 32.2. The van der Waals surface area contributed by atoms with Crippen LogP contribution in [0.25, 0.3) is 27.8 Å². The number of ether oxygens (including phenoxy) is 3. The van der Waals surface area contributed by atoms with E-state index >= 15 is 0 Å². The predicted octanol–water partition coefficient (Wildman–Crippen LogP) is 11.8. The Balaban J connectivity index is 1.48. The zero-order valence-corrected chi connectivity index (χ0v) is 29.1. The highest BCUT2D eigenvalue weighted by atomic mass is 35.5. The summed E-state index contributed by atoms with van der Waals surface area (Å²) in [6.07, 6.45) is 8.09. The first-order chi connectivity index (χ1) is 23.3. The zero-order valence-electron chi connectivity index (χ0n) is 26.8. The molecule has 5 aromatic carbocycles. The highest BCUT2D eigenvalue weighted by Gasteiger charge is 2.28. The highest BCUT2D eigenvalue weighted by molar-refractivity contribution is 6.31. The Morgan fingerprint density at radius 3 is 1.58 bits per heavy atom. The number of fused-ring (bicyclic) bond motifs is 4. The number of benzene rings is 5. The molecule has 0 saturated heterocycles. The second-order valence-electron chi connectivity index (χ2n) is 12.0. The van der Waals surface area contributed by atoms with Gasteiger partial charge < -0.3 is 14.2 Å². The first-order valence-electron chi connectivity index (χ1n) is 15.7. The van der Waals surface area contributed by atoms with Crippen molar-refractivity contribution >= 4 is 40.4 Å². The van der Waals surface area contributed by atoms with E-state index in [0.717, 1.165) is 63.5 Å². The molecule has 2 aliphatic rings. The van der Waals surface area contributed by atoms with E-state index in [9.17, 15) is 0 Å². The molecule has 0 heterocycles. The van der Waals surface area contributed by atoms with Crippen molar-refractivity contribution in [2.75, 3.05) is 21.3 Å². The van der Waals surface area contributed by atoms with E-state index in [0.29, 0.717) is 15.1 Å². The summed E-state index contributed by atoms with van der Waals surface area (Å²) in [5.41, 5.74) is 12.2. The third kappa shape index (κ3) is 6.26. The summed E-state index contributed by atoms with van der Waals surface area (Å²) in [4.78, 5) is 0. The van der Waals surface area contributed by atoms with Crippen molar-refractivity contribution in [1.29, 1.82) is 0 Å². The van der Waals surface area contributed by atoms with Gasteiger partial charge in [0.25, 0.3) is 0 Å². The summed E-state index contributed by atoms with van der Waals surface area (Å²) >= 11 is 18.8. The number of hydrogen-bond acceptors (Lipinski definition) is 3. The lowest BCUT2D eigenvalue weighted by Crippen LogP contribution is -2.13. The number of methoxy groups -OCH3 is 3. The van der Waals surface area contributed by atoms with E-state index in [1.165, 1.54) is 27.8 Å². The lowest BCUT2D eigenvalue weighted by molar-refractivity contribution is 0.309. The second kappa shape index (κ2) is 13.6. The van der Waals surface area contributed by atoms with Gasteiger partial charge in [-0.2, -0.15) is 0 Å². The van der Waals surface area contributed by atoms with Crippen molar-refractivity contribution in [3.8, 4) is 33.8 Å². The van der Waals surface area contributed by atoms with Crippen LogP contribution in [0.4, 0.5) is 0 Å².